The maximum Gasteiger partial charge on any atom is 0.416 e. The molecule has 0 spiro atoms. The lowest BCUT2D eigenvalue weighted by Crippen LogP contribution is -2.04. The zero-order valence-corrected chi connectivity index (χ0v) is 19.0. The van der Waals surface area contributed by atoms with E-state index in [1.165, 1.54) is 17.0 Å². The fourth-order valence-corrected chi connectivity index (χ4v) is 6.18. The highest BCUT2D eigenvalue weighted by Crippen LogP contribution is 2.42. The van der Waals surface area contributed by atoms with Crippen LogP contribution in [0.3, 0.4) is 0 Å². The highest BCUT2D eigenvalue weighted by atomic mass is 32.2. The normalized spacial score (nSPS) is 15.7. The van der Waals surface area contributed by atoms with Crippen molar-refractivity contribution >= 4 is 29.1 Å². The van der Waals surface area contributed by atoms with Crippen molar-refractivity contribution < 1.29 is 23.1 Å². The molecular weight excluding hydrogens is 455 g/mol. The average molecular weight is 478 g/mol. The zero-order chi connectivity index (χ0) is 22.9. The van der Waals surface area contributed by atoms with Gasteiger partial charge in [0.2, 0.25) is 0 Å². The van der Waals surface area contributed by atoms with Gasteiger partial charge in [-0.05, 0) is 61.6 Å². The van der Waals surface area contributed by atoms with Crippen LogP contribution >= 0.6 is 23.1 Å². The Bertz CT molecular complexity index is 1120. The van der Waals surface area contributed by atoms with E-state index in [9.17, 15) is 18.0 Å². The van der Waals surface area contributed by atoms with Gasteiger partial charge >= 0.3 is 12.1 Å². The highest BCUT2D eigenvalue weighted by Gasteiger charge is 2.31. The van der Waals surface area contributed by atoms with E-state index in [1.54, 1.807) is 23.1 Å². The summed E-state index contributed by atoms with van der Waals surface area (Å²) in [6.07, 6.45) is -1.69. The lowest BCUT2D eigenvalue weighted by molar-refractivity contribution is -0.138. The van der Waals surface area contributed by atoms with E-state index in [2.05, 4.69) is 6.07 Å². The minimum Gasteiger partial charge on any atom is -0.481 e. The van der Waals surface area contributed by atoms with E-state index in [1.807, 2.05) is 19.1 Å². The van der Waals surface area contributed by atoms with Gasteiger partial charge in [0.15, 0.2) is 0 Å². The molecule has 1 aliphatic rings. The van der Waals surface area contributed by atoms with E-state index in [0.717, 1.165) is 63.0 Å². The lowest BCUT2D eigenvalue weighted by atomic mass is 10.0. The number of benzene rings is 2. The second-order valence-electron chi connectivity index (χ2n) is 7.93. The molecule has 0 saturated heterocycles. The van der Waals surface area contributed by atoms with Gasteiger partial charge in [-0.3, -0.25) is 4.79 Å². The second-order valence-corrected chi connectivity index (χ2v) is 10.1. The van der Waals surface area contributed by atoms with Gasteiger partial charge in [-0.25, -0.2) is 4.98 Å². The number of thiazole rings is 1. The summed E-state index contributed by atoms with van der Waals surface area (Å²) >= 11 is 3.34. The minimum atomic E-state index is -4.34. The average Bonchev–Trinajstić information content (AvgIpc) is 3.32. The Morgan fingerprint density at radius 2 is 1.97 bits per heavy atom. The molecule has 1 heterocycles. The van der Waals surface area contributed by atoms with Crippen LogP contribution in [-0.4, -0.2) is 21.8 Å². The van der Waals surface area contributed by atoms with Crippen molar-refractivity contribution in [3.05, 3.63) is 69.7 Å². The first kappa shape index (κ1) is 22.9. The summed E-state index contributed by atoms with van der Waals surface area (Å²) in [6, 6.07) is 11.4. The number of aliphatic carboxylic acids is 1. The van der Waals surface area contributed by atoms with Gasteiger partial charge in [-0.1, -0.05) is 18.2 Å². The molecule has 8 heteroatoms. The van der Waals surface area contributed by atoms with Gasteiger partial charge in [0.05, 0.1) is 11.3 Å². The van der Waals surface area contributed by atoms with Crippen molar-refractivity contribution in [2.45, 2.75) is 49.6 Å². The largest absolute Gasteiger partial charge is 0.481 e. The summed E-state index contributed by atoms with van der Waals surface area (Å²) < 4.78 is 38.4. The number of carbonyl (C=O) groups is 1. The van der Waals surface area contributed by atoms with Crippen molar-refractivity contribution in [3.8, 4) is 10.6 Å². The quantitative estimate of drug-likeness (QED) is 0.373. The number of nitrogens with zero attached hydrogens (tertiary/aromatic N) is 1. The van der Waals surface area contributed by atoms with Crippen LogP contribution in [0, 0.1) is 6.92 Å². The van der Waals surface area contributed by atoms with E-state index >= 15 is 0 Å². The van der Waals surface area contributed by atoms with E-state index < -0.39 is 17.7 Å². The number of thioether (sulfide) groups is 1. The summed E-state index contributed by atoms with van der Waals surface area (Å²) in [5.41, 5.74) is 3.30. The summed E-state index contributed by atoms with van der Waals surface area (Å²) in [5, 5.41) is 9.65. The molecule has 2 aromatic carbocycles. The molecule has 32 heavy (non-hydrogen) atoms. The van der Waals surface area contributed by atoms with E-state index in [4.69, 9.17) is 10.1 Å². The smallest absolute Gasteiger partial charge is 0.416 e. The molecule has 3 nitrogen and oxygen atoms in total. The van der Waals surface area contributed by atoms with Crippen LogP contribution in [0.2, 0.25) is 0 Å². The van der Waals surface area contributed by atoms with Crippen LogP contribution in [0.25, 0.3) is 10.6 Å². The Morgan fingerprint density at radius 3 is 2.62 bits per heavy atom. The second kappa shape index (κ2) is 9.27. The number of rotatable bonds is 7. The number of fused-ring (bicyclic) bond motifs is 1. The summed E-state index contributed by atoms with van der Waals surface area (Å²) in [4.78, 5) is 18.0. The fourth-order valence-electron chi connectivity index (χ4n) is 3.87. The molecule has 0 radical (unpaired) electrons. The maximum absolute atomic E-state index is 12.8. The summed E-state index contributed by atoms with van der Waals surface area (Å²) in [7, 11) is 0. The first-order valence-electron chi connectivity index (χ1n) is 10.3. The predicted molar refractivity (Wildman–Crippen MR) is 121 cm³/mol. The third-order valence-corrected chi connectivity index (χ3v) is 8.00. The van der Waals surface area contributed by atoms with Crippen LogP contribution in [0.15, 0.2) is 47.4 Å². The first-order valence-corrected chi connectivity index (χ1v) is 12.1. The Hall–Kier alpha value is -2.32. The van der Waals surface area contributed by atoms with Gasteiger partial charge < -0.3 is 5.11 Å². The number of carboxylic acid groups (broad SMARTS) is 1. The number of halogens is 3. The van der Waals surface area contributed by atoms with E-state index in [0.29, 0.717) is 12.3 Å². The third kappa shape index (κ3) is 5.18. The number of hydrogen-bond acceptors (Lipinski definition) is 4. The Morgan fingerprint density at radius 1 is 1.22 bits per heavy atom. The van der Waals surface area contributed by atoms with E-state index in [-0.39, 0.29) is 6.42 Å². The molecule has 1 atom stereocenters. The van der Waals surface area contributed by atoms with Gasteiger partial charge in [-0.15, -0.1) is 23.1 Å². The van der Waals surface area contributed by atoms with Gasteiger partial charge in [0.25, 0.3) is 0 Å². The molecule has 168 valence electrons. The topological polar surface area (TPSA) is 50.2 Å². The Kier molecular flexibility index (Phi) is 6.62. The third-order valence-electron chi connectivity index (χ3n) is 5.67. The molecule has 4 rings (SSSR count). The van der Waals surface area contributed by atoms with Crippen LogP contribution in [0.1, 0.15) is 46.0 Å². The van der Waals surface area contributed by atoms with Crippen LogP contribution in [0.5, 0.6) is 0 Å². The lowest BCUT2D eigenvalue weighted by Gasteiger charge is -2.11. The molecule has 1 aliphatic carbocycles. The molecular formula is C24H22F3NO2S2. The molecule has 0 unspecified atom stereocenters. The zero-order valence-electron chi connectivity index (χ0n) is 17.4. The number of aromatic nitrogens is 1. The van der Waals surface area contributed by atoms with Gasteiger partial charge in [0, 0.05) is 33.4 Å². The Labute approximate surface area is 192 Å². The van der Waals surface area contributed by atoms with Crippen molar-refractivity contribution in [2.24, 2.45) is 0 Å². The fraction of sp³-hybridized carbons (Fsp3) is 0.333. The summed E-state index contributed by atoms with van der Waals surface area (Å²) in [6.45, 7) is 2.01. The Balaban J connectivity index is 1.41. The standard InChI is InChI=1S/C24H22F3NO2S2/c1-14-12-19(9-4-15(14)6-11-21(29)30)31-13-17-5-10-20-22(17)28-23(32-20)16-2-7-18(8-3-16)24(25,26)27/h2-4,7-9,12,17H,5-6,10-11,13H2,1H3,(H,29,30)/t17-/m1/s1. The molecule has 0 amide bonds. The van der Waals surface area contributed by atoms with Crippen molar-refractivity contribution in [2.75, 3.05) is 5.75 Å². The molecule has 0 fully saturated rings. The van der Waals surface area contributed by atoms with Crippen LogP contribution in [-0.2, 0) is 23.8 Å². The van der Waals surface area contributed by atoms with Crippen molar-refractivity contribution in [1.82, 2.24) is 4.98 Å². The molecule has 3 aromatic rings. The van der Waals surface area contributed by atoms with Gasteiger partial charge in [0.1, 0.15) is 5.01 Å². The number of alkyl halides is 3. The molecule has 1 N–H and O–H groups in total. The number of hydrogen-bond donors (Lipinski definition) is 1. The highest BCUT2D eigenvalue weighted by molar-refractivity contribution is 7.99. The monoisotopic (exact) mass is 477 g/mol. The molecule has 0 bridgehead atoms. The maximum atomic E-state index is 12.8. The summed E-state index contributed by atoms with van der Waals surface area (Å²) in [5.74, 6) is 0.414. The number of aryl methyl sites for hydroxylation is 3. The predicted octanol–water partition coefficient (Wildman–Crippen LogP) is 6.98. The SMILES string of the molecule is Cc1cc(SC[C@H]2CCc3sc(-c4ccc(C(F)(F)F)cc4)nc32)ccc1CCC(=O)O. The van der Waals surface area contributed by atoms with Gasteiger partial charge in [-0.2, -0.15) is 13.2 Å². The van der Waals surface area contributed by atoms with Crippen LogP contribution < -0.4 is 0 Å². The number of carboxylic acids is 1. The van der Waals surface area contributed by atoms with Crippen molar-refractivity contribution in [1.29, 1.82) is 0 Å². The minimum absolute atomic E-state index is 0.128. The first-order chi connectivity index (χ1) is 15.2. The molecule has 0 saturated carbocycles. The van der Waals surface area contributed by atoms with Crippen molar-refractivity contribution in [3.63, 3.8) is 0 Å². The molecule has 1 aromatic heterocycles. The van der Waals surface area contributed by atoms with Crippen LogP contribution in [0.4, 0.5) is 13.2 Å². The molecule has 0 aliphatic heterocycles.